The third kappa shape index (κ3) is 3.03. The maximum atomic E-state index is 13.2. The van der Waals surface area contributed by atoms with Crippen LogP contribution in [-0.4, -0.2) is 51.1 Å². The van der Waals surface area contributed by atoms with Crippen molar-refractivity contribution in [1.29, 1.82) is 0 Å². The zero-order chi connectivity index (χ0) is 15.6. The number of hydrogen-bond acceptors (Lipinski definition) is 4. The Morgan fingerprint density at radius 3 is 2.86 bits per heavy atom. The van der Waals surface area contributed by atoms with Crippen molar-refractivity contribution in [1.82, 2.24) is 19.9 Å². The molecule has 0 saturated carbocycles. The van der Waals surface area contributed by atoms with E-state index < -0.39 is 5.82 Å². The minimum Gasteiger partial charge on any atom is -0.395 e. The van der Waals surface area contributed by atoms with Crippen LogP contribution in [0.4, 0.5) is 4.39 Å². The van der Waals surface area contributed by atoms with Crippen molar-refractivity contribution in [3.05, 3.63) is 40.4 Å². The number of halogens is 2. The lowest BCUT2D eigenvalue weighted by Gasteiger charge is -2.14. The molecular weight excluding hydrogens is 299 g/mol. The monoisotopic (exact) mass is 312 g/mol. The highest BCUT2D eigenvalue weighted by Crippen LogP contribution is 2.20. The summed E-state index contributed by atoms with van der Waals surface area (Å²) in [7, 11) is 1.56. The van der Waals surface area contributed by atoms with E-state index in [1.54, 1.807) is 14.0 Å². The van der Waals surface area contributed by atoms with Crippen LogP contribution in [0.3, 0.4) is 0 Å². The van der Waals surface area contributed by atoms with Crippen LogP contribution >= 0.6 is 11.6 Å². The topological polar surface area (TPSA) is 71.2 Å². The number of aliphatic hydroxyl groups excluding tert-OH is 1. The fraction of sp³-hybridized carbons (Fsp3) is 0.308. The van der Waals surface area contributed by atoms with Gasteiger partial charge in [-0.2, -0.15) is 0 Å². The number of hydrogen-bond donors (Lipinski definition) is 1. The molecule has 21 heavy (non-hydrogen) atoms. The van der Waals surface area contributed by atoms with Crippen LogP contribution < -0.4 is 0 Å². The Kier molecular flexibility index (Phi) is 4.54. The predicted molar refractivity (Wildman–Crippen MR) is 75.1 cm³/mol. The summed E-state index contributed by atoms with van der Waals surface area (Å²) in [6, 6.07) is 4.12. The number of nitrogens with zero attached hydrogens (tertiary/aromatic N) is 4. The molecule has 0 atom stereocenters. The number of rotatable bonds is 4. The molecule has 1 aromatic heterocycles. The maximum absolute atomic E-state index is 13.2. The van der Waals surface area contributed by atoms with Crippen molar-refractivity contribution in [2.24, 2.45) is 0 Å². The van der Waals surface area contributed by atoms with E-state index >= 15 is 0 Å². The standard InChI is InChI=1S/C13H14ClFN4O2/c1-8-12(13(21)18(2)5-6-20)16-17-19(8)9-3-4-11(15)10(14)7-9/h3-4,7,20H,5-6H2,1-2H3. The van der Waals surface area contributed by atoms with Crippen LogP contribution in [0.5, 0.6) is 0 Å². The van der Waals surface area contributed by atoms with E-state index in [-0.39, 0.29) is 29.8 Å². The Morgan fingerprint density at radius 2 is 2.24 bits per heavy atom. The first kappa shape index (κ1) is 15.4. The van der Waals surface area contributed by atoms with E-state index in [4.69, 9.17) is 16.7 Å². The number of amides is 1. The quantitative estimate of drug-likeness (QED) is 0.927. The molecule has 6 nitrogen and oxygen atoms in total. The molecule has 0 saturated heterocycles. The molecule has 1 aromatic carbocycles. The van der Waals surface area contributed by atoms with Gasteiger partial charge >= 0.3 is 0 Å². The van der Waals surface area contributed by atoms with Gasteiger partial charge in [0.05, 0.1) is 23.0 Å². The van der Waals surface area contributed by atoms with Gasteiger partial charge in [-0.1, -0.05) is 16.8 Å². The largest absolute Gasteiger partial charge is 0.395 e. The summed E-state index contributed by atoms with van der Waals surface area (Å²) in [5.41, 5.74) is 1.19. The van der Waals surface area contributed by atoms with Crippen LogP contribution in [-0.2, 0) is 0 Å². The molecule has 0 spiro atoms. The average Bonchev–Trinajstić information content (AvgIpc) is 2.83. The molecule has 0 radical (unpaired) electrons. The Hall–Kier alpha value is -1.99. The third-order valence-corrected chi connectivity index (χ3v) is 3.32. The lowest BCUT2D eigenvalue weighted by Crippen LogP contribution is -2.30. The van der Waals surface area contributed by atoms with Crippen molar-refractivity contribution in [2.75, 3.05) is 20.2 Å². The van der Waals surface area contributed by atoms with E-state index in [1.807, 2.05) is 0 Å². The number of aliphatic hydroxyl groups is 1. The van der Waals surface area contributed by atoms with Gasteiger partial charge in [0, 0.05) is 13.6 Å². The summed E-state index contributed by atoms with van der Waals surface area (Å²) < 4.78 is 14.6. The fourth-order valence-electron chi connectivity index (χ4n) is 1.82. The van der Waals surface area contributed by atoms with Crippen molar-refractivity contribution in [3.63, 3.8) is 0 Å². The van der Waals surface area contributed by atoms with Gasteiger partial charge in [0.2, 0.25) is 0 Å². The van der Waals surface area contributed by atoms with Crippen LogP contribution in [0.1, 0.15) is 16.2 Å². The molecule has 2 aromatic rings. The Morgan fingerprint density at radius 1 is 1.52 bits per heavy atom. The number of likely N-dealkylation sites (N-methyl/N-ethyl adjacent to an activating group) is 1. The number of carbonyl (C=O) groups is 1. The fourth-order valence-corrected chi connectivity index (χ4v) is 2.00. The average molecular weight is 313 g/mol. The van der Waals surface area contributed by atoms with Gasteiger partial charge in [0.15, 0.2) is 5.69 Å². The Labute approximate surface area is 125 Å². The van der Waals surface area contributed by atoms with E-state index in [9.17, 15) is 9.18 Å². The Bertz CT molecular complexity index is 674. The van der Waals surface area contributed by atoms with Crippen LogP contribution in [0.15, 0.2) is 18.2 Å². The first-order valence-electron chi connectivity index (χ1n) is 6.19. The molecule has 2 rings (SSSR count). The second kappa shape index (κ2) is 6.19. The smallest absolute Gasteiger partial charge is 0.276 e. The van der Waals surface area contributed by atoms with Gasteiger partial charge < -0.3 is 10.0 Å². The van der Waals surface area contributed by atoms with E-state index in [1.165, 1.54) is 27.8 Å². The van der Waals surface area contributed by atoms with Gasteiger partial charge in [-0.05, 0) is 25.1 Å². The SMILES string of the molecule is Cc1c(C(=O)N(C)CCO)nnn1-c1ccc(F)c(Cl)c1. The molecule has 0 aliphatic carbocycles. The molecule has 112 valence electrons. The van der Waals surface area contributed by atoms with Gasteiger partial charge in [-0.25, -0.2) is 9.07 Å². The molecule has 0 unspecified atom stereocenters. The number of carbonyl (C=O) groups excluding carboxylic acids is 1. The summed E-state index contributed by atoms with van der Waals surface area (Å²) in [6.07, 6.45) is 0. The predicted octanol–water partition coefficient (Wildman–Crippen LogP) is 1.43. The summed E-state index contributed by atoms with van der Waals surface area (Å²) in [5, 5.41) is 16.6. The lowest BCUT2D eigenvalue weighted by molar-refractivity contribution is 0.0760. The van der Waals surface area contributed by atoms with Crippen LogP contribution in [0.2, 0.25) is 5.02 Å². The zero-order valence-corrected chi connectivity index (χ0v) is 12.3. The minimum atomic E-state index is -0.530. The highest BCUT2D eigenvalue weighted by molar-refractivity contribution is 6.30. The minimum absolute atomic E-state index is 0.0346. The lowest BCUT2D eigenvalue weighted by atomic mass is 10.2. The Balaban J connectivity index is 2.36. The van der Waals surface area contributed by atoms with Crippen LogP contribution in [0.25, 0.3) is 5.69 Å². The number of aromatic nitrogens is 3. The van der Waals surface area contributed by atoms with Crippen molar-refractivity contribution in [3.8, 4) is 5.69 Å². The van der Waals surface area contributed by atoms with Crippen molar-refractivity contribution in [2.45, 2.75) is 6.92 Å². The van der Waals surface area contributed by atoms with Gasteiger partial charge in [0.1, 0.15) is 5.82 Å². The molecule has 1 amide bonds. The normalized spacial score (nSPS) is 10.7. The van der Waals surface area contributed by atoms with Crippen molar-refractivity contribution < 1.29 is 14.3 Å². The van der Waals surface area contributed by atoms with E-state index in [0.717, 1.165) is 0 Å². The van der Waals surface area contributed by atoms with Crippen LogP contribution in [0, 0.1) is 12.7 Å². The van der Waals surface area contributed by atoms with Crippen molar-refractivity contribution >= 4 is 17.5 Å². The second-order valence-electron chi connectivity index (χ2n) is 4.48. The molecular formula is C13H14ClFN4O2. The van der Waals surface area contributed by atoms with Gasteiger partial charge in [-0.15, -0.1) is 5.10 Å². The molecule has 0 aliphatic heterocycles. The zero-order valence-electron chi connectivity index (χ0n) is 11.5. The molecule has 8 heteroatoms. The third-order valence-electron chi connectivity index (χ3n) is 3.03. The highest BCUT2D eigenvalue weighted by atomic mass is 35.5. The van der Waals surface area contributed by atoms with E-state index in [0.29, 0.717) is 11.4 Å². The summed E-state index contributed by atoms with van der Waals surface area (Å²) in [5.74, 6) is -0.877. The molecule has 0 fully saturated rings. The first-order chi connectivity index (χ1) is 9.95. The van der Waals surface area contributed by atoms with Gasteiger partial charge in [0.25, 0.3) is 5.91 Å². The molecule has 1 N–H and O–H groups in total. The summed E-state index contributed by atoms with van der Waals surface area (Å²) >= 11 is 5.74. The molecule has 1 heterocycles. The number of benzene rings is 1. The summed E-state index contributed by atoms with van der Waals surface area (Å²) in [6.45, 7) is 1.74. The highest BCUT2D eigenvalue weighted by Gasteiger charge is 2.20. The molecule has 0 bridgehead atoms. The maximum Gasteiger partial charge on any atom is 0.276 e. The summed E-state index contributed by atoms with van der Waals surface area (Å²) in [4.78, 5) is 13.5. The second-order valence-corrected chi connectivity index (χ2v) is 4.89. The van der Waals surface area contributed by atoms with Gasteiger partial charge in [-0.3, -0.25) is 4.79 Å². The first-order valence-corrected chi connectivity index (χ1v) is 6.57. The van der Waals surface area contributed by atoms with E-state index in [2.05, 4.69) is 10.3 Å². The molecule has 0 aliphatic rings.